The van der Waals surface area contributed by atoms with E-state index >= 15 is 0 Å². The van der Waals surface area contributed by atoms with Crippen molar-refractivity contribution < 1.29 is 19.1 Å². The van der Waals surface area contributed by atoms with Gasteiger partial charge in [-0.05, 0) is 25.0 Å². The minimum atomic E-state index is -0.153. The number of rotatable bonds is 9. The second-order valence-corrected chi connectivity index (χ2v) is 6.73. The van der Waals surface area contributed by atoms with Gasteiger partial charge in [-0.15, -0.1) is 0 Å². The van der Waals surface area contributed by atoms with E-state index in [-0.39, 0.29) is 23.8 Å². The van der Waals surface area contributed by atoms with Crippen LogP contribution in [0.25, 0.3) is 0 Å². The highest BCUT2D eigenvalue weighted by atomic mass is 16.5. The van der Waals surface area contributed by atoms with Gasteiger partial charge in [0.1, 0.15) is 0 Å². The van der Waals surface area contributed by atoms with Crippen LogP contribution in [0.4, 0.5) is 5.69 Å². The van der Waals surface area contributed by atoms with Crippen LogP contribution in [0.2, 0.25) is 0 Å². The van der Waals surface area contributed by atoms with Crippen LogP contribution >= 0.6 is 0 Å². The fourth-order valence-electron chi connectivity index (χ4n) is 3.47. The lowest BCUT2D eigenvalue weighted by atomic mass is 9.97. The first-order valence-corrected chi connectivity index (χ1v) is 9.36. The van der Waals surface area contributed by atoms with Gasteiger partial charge in [0.05, 0.1) is 20.3 Å². The predicted octanol–water partition coefficient (Wildman–Crippen LogP) is 3.14. The first-order chi connectivity index (χ1) is 12.5. The standard InChI is InChI=1S/C20H30N2O4/c1-5-7-14(8-6-2)20(24)21-15-11-19(23)22(13-15)16-9-10-17(25-3)18(12-16)26-4/h9-10,12,14-15H,5-8,11,13H2,1-4H3,(H,21,24). The van der Waals surface area contributed by atoms with Gasteiger partial charge in [0.25, 0.3) is 0 Å². The SMILES string of the molecule is CCCC(CCC)C(=O)NC1CC(=O)N(c2ccc(OC)c(OC)c2)C1. The van der Waals surface area contributed by atoms with Gasteiger partial charge < -0.3 is 19.7 Å². The van der Waals surface area contributed by atoms with Crippen molar-refractivity contribution in [3.8, 4) is 11.5 Å². The summed E-state index contributed by atoms with van der Waals surface area (Å²) in [5.41, 5.74) is 0.753. The monoisotopic (exact) mass is 362 g/mol. The Morgan fingerprint density at radius 3 is 2.42 bits per heavy atom. The first kappa shape index (κ1) is 20.1. The number of nitrogens with one attached hydrogen (secondary N) is 1. The van der Waals surface area contributed by atoms with Gasteiger partial charge >= 0.3 is 0 Å². The molecule has 1 unspecified atom stereocenters. The van der Waals surface area contributed by atoms with Crippen LogP contribution in [-0.2, 0) is 9.59 Å². The summed E-state index contributed by atoms with van der Waals surface area (Å²) in [6, 6.07) is 5.25. The Morgan fingerprint density at radius 1 is 1.19 bits per heavy atom. The average molecular weight is 362 g/mol. The number of ether oxygens (including phenoxy) is 2. The molecule has 1 atom stereocenters. The van der Waals surface area contributed by atoms with Crippen molar-refractivity contribution in [2.75, 3.05) is 25.7 Å². The molecule has 1 aliphatic heterocycles. The molecule has 6 heteroatoms. The van der Waals surface area contributed by atoms with E-state index in [0.717, 1.165) is 31.4 Å². The Balaban J connectivity index is 2.05. The van der Waals surface area contributed by atoms with Crippen molar-refractivity contribution in [1.29, 1.82) is 0 Å². The van der Waals surface area contributed by atoms with Crippen molar-refractivity contribution in [1.82, 2.24) is 5.32 Å². The third-order valence-electron chi connectivity index (χ3n) is 4.80. The summed E-state index contributed by atoms with van der Waals surface area (Å²) < 4.78 is 10.6. The minimum absolute atomic E-state index is 0.00468. The van der Waals surface area contributed by atoms with Gasteiger partial charge in [-0.3, -0.25) is 9.59 Å². The van der Waals surface area contributed by atoms with Crippen LogP contribution in [-0.4, -0.2) is 38.6 Å². The summed E-state index contributed by atoms with van der Waals surface area (Å²) in [4.78, 5) is 26.7. The molecule has 1 aliphatic rings. The van der Waals surface area contributed by atoms with Crippen LogP contribution in [0.3, 0.4) is 0 Å². The number of benzene rings is 1. The van der Waals surface area contributed by atoms with Gasteiger partial charge in [0, 0.05) is 30.6 Å². The molecule has 1 aromatic carbocycles. The summed E-state index contributed by atoms with van der Waals surface area (Å²) in [6.45, 7) is 4.66. The zero-order valence-corrected chi connectivity index (χ0v) is 16.2. The van der Waals surface area contributed by atoms with Crippen molar-refractivity contribution >= 4 is 17.5 Å². The maximum Gasteiger partial charge on any atom is 0.229 e. The van der Waals surface area contributed by atoms with E-state index in [1.165, 1.54) is 0 Å². The topological polar surface area (TPSA) is 67.9 Å². The van der Waals surface area contributed by atoms with E-state index < -0.39 is 0 Å². The Bertz CT molecular complexity index is 626. The van der Waals surface area contributed by atoms with Gasteiger partial charge in [-0.2, -0.15) is 0 Å². The summed E-state index contributed by atoms with van der Waals surface area (Å²) in [5, 5.41) is 3.07. The number of amides is 2. The molecule has 0 aromatic heterocycles. The van der Waals surface area contributed by atoms with E-state index in [2.05, 4.69) is 19.2 Å². The third-order valence-corrected chi connectivity index (χ3v) is 4.80. The lowest BCUT2D eigenvalue weighted by molar-refractivity contribution is -0.126. The van der Waals surface area contributed by atoms with E-state index in [1.54, 1.807) is 31.3 Å². The van der Waals surface area contributed by atoms with E-state index in [9.17, 15) is 9.59 Å². The fraction of sp³-hybridized carbons (Fsp3) is 0.600. The number of hydrogen-bond acceptors (Lipinski definition) is 4. The molecule has 0 bridgehead atoms. The molecule has 2 amide bonds. The highest BCUT2D eigenvalue weighted by Gasteiger charge is 2.33. The van der Waals surface area contributed by atoms with Crippen LogP contribution < -0.4 is 19.7 Å². The van der Waals surface area contributed by atoms with E-state index in [4.69, 9.17) is 9.47 Å². The second kappa shape index (κ2) is 9.46. The van der Waals surface area contributed by atoms with E-state index in [0.29, 0.717) is 24.5 Å². The second-order valence-electron chi connectivity index (χ2n) is 6.73. The average Bonchev–Trinajstić information content (AvgIpc) is 3.00. The molecular weight excluding hydrogens is 332 g/mol. The molecule has 1 saturated heterocycles. The number of methoxy groups -OCH3 is 2. The van der Waals surface area contributed by atoms with Crippen molar-refractivity contribution in [2.24, 2.45) is 5.92 Å². The van der Waals surface area contributed by atoms with Crippen LogP contribution in [0.15, 0.2) is 18.2 Å². The molecule has 0 saturated carbocycles. The maximum atomic E-state index is 12.5. The number of carbonyl (C=O) groups is 2. The number of anilines is 1. The van der Waals surface area contributed by atoms with Crippen molar-refractivity contribution in [3.63, 3.8) is 0 Å². The Labute approximate surface area is 155 Å². The third kappa shape index (κ3) is 4.68. The molecule has 1 aromatic rings. The van der Waals surface area contributed by atoms with Gasteiger partial charge in [0.2, 0.25) is 11.8 Å². The molecule has 0 spiro atoms. The molecular formula is C20H30N2O4. The minimum Gasteiger partial charge on any atom is -0.493 e. The number of nitrogens with zero attached hydrogens (tertiary/aromatic N) is 1. The van der Waals surface area contributed by atoms with E-state index in [1.807, 2.05) is 6.07 Å². The Morgan fingerprint density at radius 2 is 1.85 bits per heavy atom. The highest BCUT2D eigenvalue weighted by Crippen LogP contribution is 2.33. The smallest absolute Gasteiger partial charge is 0.229 e. The number of carbonyl (C=O) groups excluding carboxylic acids is 2. The van der Waals surface area contributed by atoms with Crippen molar-refractivity contribution in [2.45, 2.75) is 52.0 Å². The summed E-state index contributed by atoms with van der Waals surface area (Å²) in [7, 11) is 3.14. The maximum absolute atomic E-state index is 12.5. The molecule has 2 rings (SSSR count). The molecule has 6 nitrogen and oxygen atoms in total. The van der Waals surface area contributed by atoms with Gasteiger partial charge in [-0.25, -0.2) is 0 Å². The van der Waals surface area contributed by atoms with Gasteiger partial charge in [0.15, 0.2) is 11.5 Å². The lowest BCUT2D eigenvalue weighted by Crippen LogP contribution is -2.40. The highest BCUT2D eigenvalue weighted by molar-refractivity contribution is 5.97. The lowest BCUT2D eigenvalue weighted by Gasteiger charge is -2.20. The molecule has 0 aliphatic carbocycles. The predicted molar refractivity (Wildman–Crippen MR) is 102 cm³/mol. The summed E-state index contributed by atoms with van der Waals surface area (Å²) in [5.74, 6) is 1.31. The molecule has 0 radical (unpaired) electrons. The molecule has 1 N–H and O–H groups in total. The Kier molecular flexibility index (Phi) is 7.30. The summed E-state index contributed by atoms with van der Waals surface area (Å²) >= 11 is 0. The molecule has 26 heavy (non-hydrogen) atoms. The van der Waals surface area contributed by atoms with Crippen LogP contribution in [0, 0.1) is 5.92 Å². The zero-order valence-electron chi connectivity index (χ0n) is 16.2. The molecule has 1 fully saturated rings. The molecule has 144 valence electrons. The van der Waals surface area contributed by atoms with Crippen LogP contribution in [0.5, 0.6) is 11.5 Å². The Hall–Kier alpha value is -2.24. The van der Waals surface area contributed by atoms with Crippen LogP contribution in [0.1, 0.15) is 46.0 Å². The molecule has 1 heterocycles. The normalized spacial score (nSPS) is 16.9. The largest absolute Gasteiger partial charge is 0.493 e. The number of hydrogen-bond donors (Lipinski definition) is 1. The quantitative estimate of drug-likeness (QED) is 0.733. The zero-order chi connectivity index (χ0) is 19.1. The fourth-order valence-corrected chi connectivity index (χ4v) is 3.47. The first-order valence-electron chi connectivity index (χ1n) is 9.36. The van der Waals surface area contributed by atoms with Gasteiger partial charge in [-0.1, -0.05) is 26.7 Å². The van der Waals surface area contributed by atoms with Crippen molar-refractivity contribution in [3.05, 3.63) is 18.2 Å². The summed E-state index contributed by atoms with van der Waals surface area (Å²) in [6.07, 6.45) is 4.07.